The van der Waals surface area contributed by atoms with Gasteiger partial charge in [0.15, 0.2) is 0 Å². The molecule has 0 aliphatic rings. The van der Waals surface area contributed by atoms with E-state index in [2.05, 4.69) is 37.1 Å². The largest absolute Gasteiger partial charge is 0.285 e. The highest BCUT2D eigenvalue weighted by atomic mass is 79.9. The van der Waals surface area contributed by atoms with Crippen LogP contribution in [0, 0.1) is 16.0 Å². The molecule has 2 heterocycles. The van der Waals surface area contributed by atoms with Crippen LogP contribution >= 0.6 is 28.1 Å². The molecule has 1 unspecified atom stereocenters. The van der Waals surface area contributed by atoms with Crippen molar-refractivity contribution in [2.45, 2.75) is 6.17 Å². The average molecular weight is 439 g/mol. The molecule has 27 heavy (non-hydrogen) atoms. The average Bonchev–Trinajstić information content (AvgIpc) is 3.14. The third-order valence-corrected chi connectivity index (χ3v) is 5.39. The molecule has 2 aromatic carbocycles. The van der Waals surface area contributed by atoms with E-state index in [1.54, 1.807) is 6.33 Å². The predicted octanol–water partition coefficient (Wildman–Crippen LogP) is 4.16. The Morgan fingerprint density at radius 1 is 1.19 bits per heavy atom. The summed E-state index contributed by atoms with van der Waals surface area (Å²) in [5.41, 5.74) is 2.58. The van der Waals surface area contributed by atoms with Crippen molar-refractivity contribution in [2.24, 2.45) is 0 Å². The van der Waals surface area contributed by atoms with E-state index in [4.69, 9.17) is 17.5 Å². The van der Waals surface area contributed by atoms with Gasteiger partial charge in [-0.1, -0.05) is 40.3 Å². The molecule has 0 radical (unpaired) electrons. The molecule has 0 aliphatic carbocycles. The van der Waals surface area contributed by atoms with Gasteiger partial charge in [-0.05, 0) is 50.0 Å². The molecule has 0 amide bonds. The van der Waals surface area contributed by atoms with E-state index in [1.807, 2.05) is 65.5 Å². The summed E-state index contributed by atoms with van der Waals surface area (Å²) in [6.45, 7) is 0. The number of aromatic nitrogens is 4. The summed E-state index contributed by atoms with van der Waals surface area (Å²) < 4.78 is 5.57. The van der Waals surface area contributed by atoms with Gasteiger partial charge in [0.2, 0.25) is 5.78 Å². The number of benzene rings is 2. The fourth-order valence-corrected chi connectivity index (χ4v) is 4.01. The van der Waals surface area contributed by atoms with Crippen LogP contribution in [0.5, 0.6) is 0 Å². The van der Waals surface area contributed by atoms with Crippen LogP contribution in [0.2, 0.25) is 0 Å². The Bertz CT molecular complexity index is 1250. The van der Waals surface area contributed by atoms with Gasteiger partial charge < -0.3 is 0 Å². The lowest BCUT2D eigenvalue weighted by Crippen LogP contribution is -2.28. The minimum atomic E-state index is -0.194. The lowest BCUT2D eigenvalue weighted by molar-refractivity contribution is 0.262. The van der Waals surface area contributed by atoms with Crippen LogP contribution in [-0.4, -0.2) is 38.2 Å². The molecule has 8 heteroatoms. The van der Waals surface area contributed by atoms with Gasteiger partial charge in [0.25, 0.3) is 0 Å². The highest BCUT2D eigenvalue weighted by molar-refractivity contribution is 9.10. The van der Waals surface area contributed by atoms with E-state index >= 15 is 0 Å². The number of rotatable bonds is 3. The lowest BCUT2D eigenvalue weighted by Gasteiger charge is -2.28. The molecule has 0 fully saturated rings. The molecular formula is C19H15BrN6S. The summed E-state index contributed by atoms with van der Waals surface area (Å²) in [4.78, 5) is 2.07. The van der Waals surface area contributed by atoms with Crippen LogP contribution in [0.15, 0.2) is 53.3 Å². The maximum Gasteiger partial charge on any atom is 0.238 e. The van der Waals surface area contributed by atoms with Crippen molar-refractivity contribution in [2.75, 3.05) is 14.1 Å². The number of nitriles is 1. The van der Waals surface area contributed by atoms with Crippen molar-refractivity contribution in [1.29, 1.82) is 5.26 Å². The van der Waals surface area contributed by atoms with Gasteiger partial charge in [0.05, 0.1) is 17.1 Å². The van der Waals surface area contributed by atoms with Crippen molar-refractivity contribution in [3.05, 3.63) is 69.0 Å². The standard InChI is InChI=1S/C19H15BrN6S/c1-24(2)17(13-5-3-12(10-21)4-6-13)26-18(27)15-9-14(20)7-8-16(15)25-11-22-23-19(25)26/h3-9,11,17H,1-2H3. The predicted molar refractivity (Wildman–Crippen MR) is 110 cm³/mol. The monoisotopic (exact) mass is 438 g/mol. The summed E-state index contributed by atoms with van der Waals surface area (Å²) in [6, 6.07) is 15.7. The third-order valence-electron chi connectivity index (χ3n) is 4.48. The van der Waals surface area contributed by atoms with Crippen LogP contribution in [0.1, 0.15) is 17.3 Å². The smallest absolute Gasteiger partial charge is 0.238 e. The second kappa shape index (κ2) is 6.85. The van der Waals surface area contributed by atoms with Crippen LogP contribution in [0.4, 0.5) is 0 Å². The van der Waals surface area contributed by atoms with E-state index in [1.165, 1.54) is 0 Å². The summed E-state index contributed by atoms with van der Waals surface area (Å²) in [5, 5.41) is 18.5. The molecule has 2 aromatic heterocycles. The molecule has 4 aromatic rings. The van der Waals surface area contributed by atoms with E-state index in [0.29, 0.717) is 16.0 Å². The number of halogens is 1. The fourth-order valence-electron chi connectivity index (χ4n) is 3.30. The van der Waals surface area contributed by atoms with Crippen LogP contribution < -0.4 is 0 Å². The van der Waals surface area contributed by atoms with Gasteiger partial charge in [0, 0.05) is 9.86 Å². The molecule has 0 saturated heterocycles. The number of nitrogens with zero attached hydrogens (tertiary/aromatic N) is 6. The summed E-state index contributed by atoms with van der Waals surface area (Å²) >= 11 is 9.41. The highest BCUT2D eigenvalue weighted by Crippen LogP contribution is 2.29. The molecular weight excluding hydrogens is 424 g/mol. The summed E-state index contributed by atoms with van der Waals surface area (Å²) in [5.74, 6) is 0.665. The van der Waals surface area contributed by atoms with Crippen molar-refractivity contribution < 1.29 is 0 Å². The maximum atomic E-state index is 9.09. The first-order valence-electron chi connectivity index (χ1n) is 8.21. The lowest BCUT2D eigenvalue weighted by atomic mass is 10.1. The van der Waals surface area contributed by atoms with E-state index in [0.717, 1.165) is 20.9 Å². The first kappa shape index (κ1) is 17.8. The molecule has 6 nitrogen and oxygen atoms in total. The Balaban J connectivity index is 2.07. The zero-order chi connectivity index (χ0) is 19.1. The van der Waals surface area contributed by atoms with E-state index in [9.17, 15) is 0 Å². The number of hydrogen-bond acceptors (Lipinski definition) is 5. The number of hydrogen-bond donors (Lipinski definition) is 0. The van der Waals surface area contributed by atoms with Gasteiger partial charge in [-0.3, -0.25) is 13.9 Å². The topological polar surface area (TPSA) is 62.2 Å². The van der Waals surface area contributed by atoms with Crippen molar-refractivity contribution in [3.63, 3.8) is 0 Å². The Hall–Kier alpha value is -2.60. The first-order valence-corrected chi connectivity index (χ1v) is 9.41. The van der Waals surface area contributed by atoms with Crippen LogP contribution in [0.25, 0.3) is 16.7 Å². The van der Waals surface area contributed by atoms with Crippen molar-refractivity contribution in [1.82, 2.24) is 24.1 Å². The zero-order valence-electron chi connectivity index (χ0n) is 14.7. The quantitative estimate of drug-likeness (QED) is 0.449. The highest BCUT2D eigenvalue weighted by Gasteiger charge is 2.22. The molecule has 0 spiro atoms. The molecule has 4 rings (SSSR count). The summed E-state index contributed by atoms with van der Waals surface area (Å²) in [7, 11) is 3.98. The molecule has 0 bridgehead atoms. The molecule has 0 aliphatic heterocycles. The van der Waals surface area contributed by atoms with Gasteiger partial charge in [0.1, 0.15) is 17.1 Å². The fraction of sp³-hybridized carbons (Fsp3) is 0.158. The van der Waals surface area contributed by atoms with Gasteiger partial charge in [-0.2, -0.15) is 5.26 Å². The maximum absolute atomic E-state index is 9.09. The van der Waals surface area contributed by atoms with Crippen molar-refractivity contribution >= 4 is 44.8 Å². The van der Waals surface area contributed by atoms with Crippen LogP contribution in [-0.2, 0) is 0 Å². The Kier molecular flexibility index (Phi) is 4.52. The Labute approximate surface area is 169 Å². The van der Waals surface area contributed by atoms with E-state index < -0.39 is 0 Å². The minimum absolute atomic E-state index is 0.194. The number of fused-ring (bicyclic) bond motifs is 3. The summed E-state index contributed by atoms with van der Waals surface area (Å²) in [6.07, 6.45) is 1.50. The Morgan fingerprint density at radius 2 is 1.93 bits per heavy atom. The van der Waals surface area contributed by atoms with Crippen molar-refractivity contribution in [3.8, 4) is 6.07 Å². The van der Waals surface area contributed by atoms with Gasteiger partial charge in [-0.25, -0.2) is 0 Å². The Morgan fingerprint density at radius 3 is 2.59 bits per heavy atom. The normalized spacial score (nSPS) is 12.6. The molecule has 0 N–H and O–H groups in total. The second-order valence-corrected chi connectivity index (χ2v) is 7.71. The third kappa shape index (κ3) is 2.94. The van der Waals surface area contributed by atoms with Gasteiger partial charge in [-0.15, -0.1) is 10.2 Å². The van der Waals surface area contributed by atoms with E-state index in [-0.39, 0.29) is 6.17 Å². The molecule has 0 saturated carbocycles. The molecule has 134 valence electrons. The zero-order valence-corrected chi connectivity index (χ0v) is 17.1. The first-order chi connectivity index (χ1) is 13.0. The van der Waals surface area contributed by atoms with Crippen LogP contribution in [0.3, 0.4) is 0 Å². The molecule has 1 atom stereocenters. The second-order valence-electron chi connectivity index (χ2n) is 6.41. The SMILES string of the molecule is CN(C)C(c1ccc(C#N)cc1)n1c(=S)c2cc(Br)ccc2n2cnnc12. The minimum Gasteiger partial charge on any atom is -0.285 e. The van der Waals surface area contributed by atoms with Gasteiger partial charge >= 0.3 is 0 Å².